The van der Waals surface area contributed by atoms with E-state index in [1.165, 1.54) is 12.0 Å². The minimum absolute atomic E-state index is 0.356. The summed E-state index contributed by atoms with van der Waals surface area (Å²) in [5.41, 5.74) is 1.65. The highest BCUT2D eigenvalue weighted by molar-refractivity contribution is 5.20. The molecule has 0 unspecified atom stereocenters. The summed E-state index contributed by atoms with van der Waals surface area (Å²) in [4.78, 5) is 0. The average molecular weight is 180 g/mol. The van der Waals surface area contributed by atoms with Crippen LogP contribution in [0.2, 0.25) is 0 Å². The molecule has 1 aromatic rings. The molecule has 0 spiro atoms. The van der Waals surface area contributed by atoms with E-state index in [0.717, 1.165) is 17.9 Å². The van der Waals surface area contributed by atoms with Crippen LogP contribution in [0.25, 0.3) is 0 Å². The highest BCUT2D eigenvalue weighted by atomic mass is 16.3. The molecule has 1 rings (SSSR count). The van der Waals surface area contributed by atoms with Crippen molar-refractivity contribution in [1.29, 1.82) is 0 Å². The molecule has 1 heterocycles. The maximum atomic E-state index is 5.65. The summed E-state index contributed by atoms with van der Waals surface area (Å²) in [7, 11) is 0. The summed E-state index contributed by atoms with van der Waals surface area (Å²) in [6.45, 7) is 10.9. The van der Waals surface area contributed by atoms with Crippen molar-refractivity contribution in [2.24, 2.45) is 5.41 Å². The Hall–Kier alpha value is -0.720. The van der Waals surface area contributed by atoms with Crippen LogP contribution < -0.4 is 0 Å². The number of rotatable bonds is 3. The van der Waals surface area contributed by atoms with Crippen molar-refractivity contribution in [2.75, 3.05) is 0 Å². The molecule has 1 heteroatoms. The molecule has 0 atom stereocenters. The first-order chi connectivity index (χ1) is 5.94. The van der Waals surface area contributed by atoms with Crippen LogP contribution in [0.5, 0.6) is 0 Å². The van der Waals surface area contributed by atoms with Crippen molar-refractivity contribution in [1.82, 2.24) is 0 Å². The summed E-state index contributed by atoms with van der Waals surface area (Å²) in [5, 5.41) is 0. The van der Waals surface area contributed by atoms with Crippen LogP contribution in [-0.2, 0) is 6.42 Å². The second-order valence-corrected chi connectivity index (χ2v) is 4.66. The first-order valence-electron chi connectivity index (χ1n) is 5.00. The fourth-order valence-electron chi connectivity index (χ4n) is 1.42. The van der Waals surface area contributed by atoms with Crippen LogP contribution in [0.15, 0.2) is 10.5 Å². The molecule has 0 aliphatic rings. The van der Waals surface area contributed by atoms with E-state index in [2.05, 4.69) is 33.8 Å². The van der Waals surface area contributed by atoms with Gasteiger partial charge in [0.1, 0.15) is 11.5 Å². The summed E-state index contributed by atoms with van der Waals surface area (Å²) in [6.07, 6.45) is 2.23. The van der Waals surface area contributed by atoms with Crippen molar-refractivity contribution < 1.29 is 4.42 Å². The Morgan fingerprint density at radius 1 is 1.31 bits per heavy atom. The van der Waals surface area contributed by atoms with Crippen LogP contribution in [0.1, 0.15) is 44.3 Å². The second kappa shape index (κ2) is 3.57. The maximum absolute atomic E-state index is 5.65. The van der Waals surface area contributed by atoms with E-state index < -0.39 is 0 Å². The average Bonchev–Trinajstić information content (AvgIpc) is 2.30. The van der Waals surface area contributed by atoms with E-state index in [1.54, 1.807) is 0 Å². The SMILES string of the molecule is CCC(C)(C)Cc1oc(C)cc1C. The highest BCUT2D eigenvalue weighted by Crippen LogP contribution is 2.28. The molecule has 0 saturated carbocycles. The molecule has 0 aliphatic carbocycles. The van der Waals surface area contributed by atoms with E-state index in [0.29, 0.717) is 5.41 Å². The fourth-order valence-corrected chi connectivity index (χ4v) is 1.42. The molecule has 0 aromatic carbocycles. The van der Waals surface area contributed by atoms with E-state index in [-0.39, 0.29) is 0 Å². The number of aryl methyl sites for hydroxylation is 2. The fraction of sp³-hybridized carbons (Fsp3) is 0.667. The van der Waals surface area contributed by atoms with Gasteiger partial charge in [-0.15, -0.1) is 0 Å². The van der Waals surface area contributed by atoms with Crippen LogP contribution in [-0.4, -0.2) is 0 Å². The van der Waals surface area contributed by atoms with Gasteiger partial charge in [0.25, 0.3) is 0 Å². The summed E-state index contributed by atoms with van der Waals surface area (Å²) >= 11 is 0. The van der Waals surface area contributed by atoms with E-state index >= 15 is 0 Å². The predicted octanol–water partition coefficient (Wildman–Crippen LogP) is 3.88. The first kappa shape index (κ1) is 10.4. The predicted molar refractivity (Wildman–Crippen MR) is 56.0 cm³/mol. The normalized spacial score (nSPS) is 12.1. The zero-order chi connectivity index (χ0) is 10.1. The standard InChI is InChI=1S/C12H20O/c1-6-12(4,5)8-11-9(2)7-10(3)13-11/h7H,6,8H2,1-5H3. The lowest BCUT2D eigenvalue weighted by Gasteiger charge is -2.21. The highest BCUT2D eigenvalue weighted by Gasteiger charge is 2.19. The lowest BCUT2D eigenvalue weighted by atomic mass is 9.85. The second-order valence-electron chi connectivity index (χ2n) is 4.66. The largest absolute Gasteiger partial charge is 0.466 e. The Bertz CT molecular complexity index is 281. The smallest absolute Gasteiger partial charge is 0.107 e. The van der Waals surface area contributed by atoms with Gasteiger partial charge in [-0.25, -0.2) is 0 Å². The quantitative estimate of drug-likeness (QED) is 0.688. The van der Waals surface area contributed by atoms with E-state index in [9.17, 15) is 0 Å². The van der Waals surface area contributed by atoms with Crippen LogP contribution in [0.4, 0.5) is 0 Å². The molecule has 0 aliphatic heterocycles. The molecule has 0 saturated heterocycles. The topological polar surface area (TPSA) is 13.1 Å². The molecule has 0 amide bonds. The lowest BCUT2D eigenvalue weighted by Crippen LogP contribution is -2.13. The van der Waals surface area contributed by atoms with Crippen molar-refractivity contribution in [3.63, 3.8) is 0 Å². The monoisotopic (exact) mass is 180 g/mol. The Balaban J connectivity index is 2.79. The van der Waals surface area contributed by atoms with Gasteiger partial charge in [0.05, 0.1) is 0 Å². The van der Waals surface area contributed by atoms with Gasteiger partial charge in [-0.3, -0.25) is 0 Å². The van der Waals surface area contributed by atoms with Gasteiger partial charge in [0, 0.05) is 6.42 Å². The van der Waals surface area contributed by atoms with E-state index in [1.807, 2.05) is 6.92 Å². The van der Waals surface area contributed by atoms with Crippen LogP contribution >= 0.6 is 0 Å². The van der Waals surface area contributed by atoms with Gasteiger partial charge in [0.15, 0.2) is 0 Å². The molecule has 0 bridgehead atoms. The van der Waals surface area contributed by atoms with Gasteiger partial charge in [0.2, 0.25) is 0 Å². The molecule has 0 radical (unpaired) electrons. The Morgan fingerprint density at radius 3 is 2.31 bits per heavy atom. The minimum atomic E-state index is 0.356. The van der Waals surface area contributed by atoms with Gasteiger partial charge in [-0.1, -0.05) is 27.2 Å². The molecule has 74 valence electrons. The molecule has 0 N–H and O–H groups in total. The van der Waals surface area contributed by atoms with Crippen molar-refractivity contribution in [2.45, 2.75) is 47.5 Å². The van der Waals surface area contributed by atoms with E-state index in [4.69, 9.17) is 4.42 Å². The van der Waals surface area contributed by atoms with Crippen molar-refractivity contribution in [3.05, 3.63) is 23.2 Å². The number of hydrogen-bond acceptors (Lipinski definition) is 1. The summed E-state index contributed by atoms with van der Waals surface area (Å²) in [5.74, 6) is 2.18. The van der Waals surface area contributed by atoms with Crippen molar-refractivity contribution >= 4 is 0 Å². The van der Waals surface area contributed by atoms with Gasteiger partial charge in [-0.2, -0.15) is 0 Å². The Kier molecular flexibility index (Phi) is 2.84. The third-order valence-electron chi connectivity index (χ3n) is 2.74. The Morgan fingerprint density at radius 2 is 1.92 bits per heavy atom. The first-order valence-corrected chi connectivity index (χ1v) is 5.00. The third-order valence-corrected chi connectivity index (χ3v) is 2.74. The van der Waals surface area contributed by atoms with Crippen LogP contribution in [0.3, 0.4) is 0 Å². The summed E-state index contributed by atoms with van der Waals surface area (Å²) < 4.78 is 5.65. The molecule has 13 heavy (non-hydrogen) atoms. The third kappa shape index (κ3) is 2.61. The zero-order valence-corrected chi connectivity index (χ0v) is 9.40. The lowest BCUT2D eigenvalue weighted by molar-refractivity contribution is 0.313. The molecule has 1 aromatic heterocycles. The van der Waals surface area contributed by atoms with Gasteiger partial charge >= 0.3 is 0 Å². The van der Waals surface area contributed by atoms with Crippen LogP contribution in [0, 0.1) is 19.3 Å². The molecule has 0 fully saturated rings. The summed E-state index contributed by atoms with van der Waals surface area (Å²) in [6, 6.07) is 2.11. The maximum Gasteiger partial charge on any atom is 0.107 e. The Labute approximate surface area is 81.1 Å². The van der Waals surface area contributed by atoms with Crippen molar-refractivity contribution in [3.8, 4) is 0 Å². The van der Waals surface area contributed by atoms with Gasteiger partial charge in [-0.05, 0) is 30.9 Å². The minimum Gasteiger partial charge on any atom is -0.466 e. The van der Waals surface area contributed by atoms with Gasteiger partial charge < -0.3 is 4.42 Å². The molecular weight excluding hydrogens is 160 g/mol. The number of furan rings is 1. The molecular formula is C12H20O. The number of hydrogen-bond donors (Lipinski definition) is 0. The molecule has 1 nitrogen and oxygen atoms in total. The zero-order valence-electron chi connectivity index (χ0n) is 9.40.